The van der Waals surface area contributed by atoms with Crippen LogP contribution in [-0.4, -0.2) is 23.9 Å². The molecule has 0 aromatic heterocycles. The van der Waals surface area contributed by atoms with Crippen molar-refractivity contribution < 1.29 is 14.0 Å². The van der Waals surface area contributed by atoms with Crippen molar-refractivity contribution in [1.29, 1.82) is 0 Å². The van der Waals surface area contributed by atoms with E-state index >= 15 is 0 Å². The Morgan fingerprint density at radius 2 is 1.95 bits per heavy atom. The third-order valence-electron chi connectivity index (χ3n) is 4.26. The Bertz CT molecular complexity index is 579. The Hall–Kier alpha value is -1.62. The van der Waals surface area contributed by atoms with Crippen LogP contribution in [0.4, 0.5) is 10.1 Å². The predicted molar refractivity (Wildman–Crippen MR) is 77.7 cm³/mol. The number of rotatable bonds is 1. The summed E-state index contributed by atoms with van der Waals surface area (Å²) >= 11 is 6.07. The molecule has 2 aliphatic rings. The first-order chi connectivity index (χ1) is 10.0. The van der Waals surface area contributed by atoms with Gasteiger partial charge in [-0.2, -0.15) is 0 Å². The lowest BCUT2D eigenvalue weighted by Gasteiger charge is -2.32. The summed E-state index contributed by atoms with van der Waals surface area (Å²) in [7, 11) is 0. The molecule has 1 spiro atoms. The van der Waals surface area contributed by atoms with Gasteiger partial charge in [-0.15, -0.1) is 0 Å². The zero-order valence-corrected chi connectivity index (χ0v) is 12.3. The van der Waals surface area contributed by atoms with Gasteiger partial charge in [0, 0.05) is 13.0 Å². The van der Waals surface area contributed by atoms with Crippen LogP contribution in [0.5, 0.6) is 0 Å². The molecule has 0 radical (unpaired) electrons. The first kappa shape index (κ1) is 14.3. The Kier molecular flexibility index (Phi) is 3.61. The van der Waals surface area contributed by atoms with Crippen LogP contribution in [0.3, 0.4) is 0 Å². The molecule has 1 aromatic rings. The van der Waals surface area contributed by atoms with E-state index in [4.69, 9.17) is 11.6 Å². The number of carbonyl (C=O) groups excluding carboxylic acids is 2. The largest absolute Gasteiger partial charge is 0.342 e. The first-order valence-corrected chi connectivity index (χ1v) is 7.48. The number of hydrogen-bond acceptors (Lipinski definition) is 2. The standard InChI is InChI=1S/C15H16ClFN2O2/c16-10-4-3-5-11(17)13(10)19-9-6-12(20)18-15(14(19)21)7-1-2-8-15/h3-5H,1-2,6-9H2,(H,18,20). The lowest BCUT2D eigenvalue weighted by Crippen LogP contribution is -2.55. The first-order valence-electron chi connectivity index (χ1n) is 7.10. The van der Waals surface area contributed by atoms with E-state index in [0.29, 0.717) is 12.8 Å². The highest BCUT2D eigenvalue weighted by atomic mass is 35.5. The molecular formula is C15H16ClFN2O2. The van der Waals surface area contributed by atoms with E-state index in [0.717, 1.165) is 12.8 Å². The normalized spacial score (nSPS) is 21.5. The Labute approximate surface area is 127 Å². The van der Waals surface area contributed by atoms with Crippen LogP contribution in [0, 0.1) is 5.82 Å². The van der Waals surface area contributed by atoms with Crippen LogP contribution in [-0.2, 0) is 9.59 Å². The van der Waals surface area contributed by atoms with Gasteiger partial charge in [-0.25, -0.2) is 4.39 Å². The van der Waals surface area contributed by atoms with E-state index < -0.39 is 11.4 Å². The molecular weight excluding hydrogens is 295 g/mol. The second-order valence-corrected chi connectivity index (χ2v) is 6.02. The van der Waals surface area contributed by atoms with Crippen molar-refractivity contribution in [2.24, 2.45) is 0 Å². The maximum atomic E-state index is 14.1. The summed E-state index contributed by atoms with van der Waals surface area (Å²) in [4.78, 5) is 26.2. The SMILES string of the molecule is O=C1CCN(c2c(F)cccc2Cl)C(=O)C2(CCCC2)N1. The summed E-state index contributed by atoms with van der Waals surface area (Å²) in [5.74, 6) is -0.962. The van der Waals surface area contributed by atoms with Gasteiger partial charge >= 0.3 is 0 Å². The van der Waals surface area contributed by atoms with Crippen molar-refractivity contribution in [2.45, 2.75) is 37.6 Å². The molecule has 1 N–H and O–H groups in total. The molecule has 0 bridgehead atoms. The zero-order chi connectivity index (χ0) is 15.0. The fraction of sp³-hybridized carbons (Fsp3) is 0.467. The van der Waals surface area contributed by atoms with E-state index in [1.807, 2.05) is 0 Å². The number of anilines is 1. The Morgan fingerprint density at radius 1 is 1.24 bits per heavy atom. The molecule has 2 amide bonds. The van der Waals surface area contributed by atoms with Crippen LogP contribution in [0.15, 0.2) is 18.2 Å². The van der Waals surface area contributed by atoms with Crippen molar-refractivity contribution in [3.8, 4) is 0 Å². The van der Waals surface area contributed by atoms with Crippen LogP contribution < -0.4 is 10.2 Å². The van der Waals surface area contributed by atoms with Crippen molar-refractivity contribution >= 4 is 29.1 Å². The maximum Gasteiger partial charge on any atom is 0.252 e. The topological polar surface area (TPSA) is 49.4 Å². The molecule has 21 heavy (non-hydrogen) atoms. The van der Waals surface area contributed by atoms with E-state index in [1.165, 1.54) is 17.0 Å². The second kappa shape index (κ2) is 5.30. The molecule has 1 aliphatic heterocycles. The minimum absolute atomic E-state index is 0.0759. The van der Waals surface area contributed by atoms with Crippen molar-refractivity contribution in [2.75, 3.05) is 11.4 Å². The minimum atomic E-state index is -0.890. The Morgan fingerprint density at radius 3 is 2.62 bits per heavy atom. The van der Waals surface area contributed by atoms with Crippen molar-refractivity contribution in [3.63, 3.8) is 0 Å². The van der Waals surface area contributed by atoms with Gasteiger partial charge in [-0.1, -0.05) is 30.5 Å². The van der Waals surface area contributed by atoms with Gasteiger partial charge in [-0.05, 0) is 25.0 Å². The van der Waals surface area contributed by atoms with Gasteiger partial charge in [0.15, 0.2) is 0 Å². The number of halogens is 2. The summed E-state index contributed by atoms with van der Waals surface area (Å²) in [5.41, 5.74) is -0.814. The molecule has 1 aliphatic carbocycles. The van der Waals surface area contributed by atoms with Crippen LogP contribution in [0.25, 0.3) is 0 Å². The summed E-state index contributed by atoms with van der Waals surface area (Å²) in [6, 6.07) is 4.32. The van der Waals surface area contributed by atoms with E-state index in [2.05, 4.69) is 5.32 Å². The zero-order valence-electron chi connectivity index (χ0n) is 11.5. The van der Waals surface area contributed by atoms with Gasteiger partial charge in [-0.3, -0.25) is 9.59 Å². The predicted octanol–water partition coefficient (Wildman–Crippen LogP) is 2.64. The summed E-state index contributed by atoms with van der Waals surface area (Å²) in [6.45, 7) is 0.146. The molecule has 1 heterocycles. The molecule has 6 heteroatoms. The van der Waals surface area contributed by atoms with Gasteiger partial charge in [0.25, 0.3) is 5.91 Å². The Balaban J connectivity index is 2.05. The van der Waals surface area contributed by atoms with E-state index in [9.17, 15) is 14.0 Å². The summed E-state index contributed by atoms with van der Waals surface area (Å²) in [5, 5.41) is 3.03. The molecule has 4 nitrogen and oxygen atoms in total. The highest BCUT2D eigenvalue weighted by Crippen LogP contribution is 2.37. The van der Waals surface area contributed by atoms with E-state index in [1.54, 1.807) is 6.07 Å². The number of amides is 2. The minimum Gasteiger partial charge on any atom is -0.342 e. The average molecular weight is 311 g/mol. The molecule has 1 saturated carbocycles. The van der Waals surface area contributed by atoms with Crippen LogP contribution >= 0.6 is 11.6 Å². The smallest absolute Gasteiger partial charge is 0.252 e. The molecule has 0 atom stereocenters. The molecule has 1 aromatic carbocycles. The van der Waals surface area contributed by atoms with Crippen LogP contribution in [0.1, 0.15) is 32.1 Å². The number of para-hydroxylation sites is 1. The number of nitrogens with zero attached hydrogens (tertiary/aromatic N) is 1. The fourth-order valence-electron chi connectivity index (χ4n) is 3.23. The molecule has 2 fully saturated rings. The molecule has 3 rings (SSSR count). The second-order valence-electron chi connectivity index (χ2n) is 5.61. The lowest BCUT2D eigenvalue weighted by atomic mass is 9.95. The van der Waals surface area contributed by atoms with Crippen molar-refractivity contribution in [3.05, 3.63) is 29.0 Å². The highest BCUT2D eigenvalue weighted by molar-refractivity contribution is 6.34. The number of nitrogens with one attached hydrogen (secondary N) is 1. The number of carbonyl (C=O) groups is 2. The summed E-state index contributed by atoms with van der Waals surface area (Å²) in [6.07, 6.45) is 3.11. The van der Waals surface area contributed by atoms with Crippen LogP contribution in [0.2, 0.25) is 5.02 Å². The van der Waals surface area contributed by atoms with E-state index in [-0.39, 0.29) is 35.5 Å². The number of benzene rings is 1. The van der Waals surface area contributed by atoms with Gasteiger partial charge in [0.05, 0.1) is 10.7 Å². The van der Waals surface area contributed by atoms with Gasteiger partial charge in [0.1, 0.15) is 11.4 Å². The molecule has 1 saturated heterocycles. The molecule has 112 valence electrons. The third-order valence-corrected chi connectivity index (χ3v) is 4.57. The summed E-state index contributed by atoms with van der Waals surface area (Å²) < 4.78 is 14.1. The fourth-order valence-corrected chi connectivity index (χ4v) is 3.50. The maximum absolute atomic E-state index is 14.1. The number of hydrogen-bond donors (Lipinski definition) is 1. The monoisotopic (exact) mass is 310 g/mol. The van der Waals surface area contributed by atoms with Gasteiger partial charge < -0.3 is 10.2 Å². The quantitative estimate of drug-likeness (QED) is 0.867. The van der Waals surface area contributed by atoms with Crippen molar-refractivity contribution in [1.82, 2.24) is 5.32 Å². The average Bonchev–Trinajstić information content (AvgIpc) is 2.86. The highest BCUT2D eigenvalue weighted by Gasteiger charge is 2.47. The molecule has 0 unspecified atom stereocenters. The van der Waals surface area contributed by atoms with Gasteiger partial charge in [0.2, 0.25) is 5.91 Å². The third kappa shape index (κ3) is 2.39. The lowest BCUT2D eigenvalue weighted by molar-refractivity contribution is -0.129.